The highest BCUT2D eigenvalue weighted by Gasteiger charge is 2.09. The van der Waals surface area contributed by atoms with Gasteiger partial charge in [0.1, 0.15) is 5.75 Å². The minimum Gasteiger partial charge on any atom is -0.495 e. The first-order valence-corrected chi connectivity index (χ1v) is 6.49. The van der Waals surface area contributed by atoms with Crippen LogP contribution in [0.15, 0.2) is 48.5 Å². The van der Waals surface area contributed by atoms with Crippen molar-refractivity contribution < 1.29 is 9.53 Å². The van der Waals surface area contributed by atoms with Crippen LogP contribution in [0.2, 0.25) is 5.02 Å². The molecule has 0 spiro atoms. The van der Waals surface area contributed by atoms with Crippen LogP contribution in [0.4, 0.5) is 0 Å². The number of halogens is 1. The molecule has 0 aliphatic carbocycles. The lowest BCUT2D eigenvalue weighted by atomic mass is 10.0. The minimum absolute atomic E-state index is 0.0961. The molecule has 0 aliphatic heterocycles. The molecule has 0 fully saturated rings. The molecule has 2 nitrogen and oxygen atoms in total. The average Bonchev–Trinajstić information content (AvgIpc) is 2.46. The largest absolute Gasteiger partial charge is 0.495 e. The van der Waals surface area contributed by atoms with Gasteiger partial charge in [0.05, 0.1) is 12.1 Å². The molecule has 98 valence electrons. The summed E-state index contributed by atoms with van der Waals surface area (Å²) in [6, 6.07) is 15.1. The van der Waals surface area contributed by atoms with E-state index in [0.29, 0.717) is 22.8 Å². The summed E-state index contributed by atoms with van der Waals surface area (Å²) in [6.45, 7) is 0. The first kappa shape index (κ1) is 13.6. The molecule has 19 heavy (non-hydrogen) atoms. The number of Topliss-reactive ketones (excluding diaryl/α,β-unsaturated/α-hetero) is 1. The van der Waals surface area contributed by atoms with Crippen molar-refractivity contribution >= 4 is 17.4 Å². The van der Waals surface area contributed by atoms with Crippen molar-refractivity contribution in [3.05, 3.63) is 64.7 Å². The van der Waals surface area contributed by atoms with Gasteiger partial charge in [0.25, 0.3) is 0 Å². The predicted molar refractivity (Wildman–Crippen MR) is 77.1 cm³/mol. The number of rotatable bonds is 5. The lowest BCUT2D eigenvalue weighted by Crippen LogP contribution is -2.01. The van der Waals surface area contributed by atoms with Gasteiger partial charge in [0.2, 0.25) is 0 Å². The number of carbonyl (C=O) groups excluding carboxylic acids is 1. The Bertz CT molecular complexity index is 564. The van der Waals surface area contributed by atoms with Crippen molar-refractivity contribution in [2.45, 2.75) is 12.8 Å². The Morgan fingerprint density at radius 2 is 1.89 bits per heavy atom. The molecule has 0 bridgehead atoms. The highest BCUT2D eigenvalue weighted by atomic mass is 35.5. The molecule has 0 saturated carbocycles. The van der Waals surface area contributed by atoms with Crippen molar-refractivity contribution in [1.82, 2.24) is 0 Å². The van der Waals surface area contributed by atoms with E-state index in [1.54, 1.807) is 25.3 Å². The van der Waals surface area contributed by atoms with E-state index >= 15 is 0 Å². The maximum Gasteiger partial charge on any atom is 0.163 e. The summed E-state index contributed by atoms with van der Waals surface area (Å²) in [4.78, 5) is 12.1. The summed E-state index contributed by atoms with van der Waals surface area (Å²) in [5.74, 6) is 0.631. The number of ether oxygens (including phenoxy) is 1. The van der Waals surface area contributed by atoms with Gasteiger partial charge < -0.3 is 4.74 Å². The Morgan fingerprint density at radius 3 is 2.58 bits per heavy atom. The first-order valence-electron chi connectivity index (χ1n) is 6.11. The molecule has 2 aromatic rings. The van der Waals surface area contributed by atoms with Crippen molar-refractivity contribution in [3.63, 3.8) is 0 Å². The van der Waals surface area contributed by atoms with Crippen LogP contribution in [-0.2, 0) is 6.42 Å². The molecule has 0 radical (unpaired) electrons. The topological polar surface area (TPSA) is 26.3 Å². The summed E-state index contributed by atoms with van der Waals surface area (Å²) < 4.78 is 5.11. The minimum atomic E-state index is 0.0961. The van der Waals surface area contributed by atoms with E-state index < -0.39 is 0 Å². The van der Waals surface area contributed by atoms with E-state index in [4.69, 9.17) is 16.3 Å². The molecule has 3 heteroatoms. The highest BCUT2D eigenvalue weighted by molar-refractivity contribution is 6.32. The van der Waals surface area contributed by atoms with Gasteiger partial charge in [-0.2, -0.15) is 0 Å². The SMILES string of the molecule is COc1cc(C(=O)CCc2ccccc2)ccc1Cl. The van der Waals surface area contributed by atoms with Crippen molar-refractivity contribution in [3.8, 4) is 5.75 Å². The van der Waals surface area contributed by atoms with E-state index in [1.165, 1.54) is 0 Å². The predicted octanol–water partition coefficient (Wildman–Crippen LogP) is 4.16. The van der Waals surface area contributed by atoms with Crippen LogP contribution < -0.4 is 4.74 Å². The van der Waals surface area contributed by atoms with Crippen molar-refractivity contribution in [2.24, 2.45) is 0 Å². The van der Waals surface area contributed by atoms with E-state index in [9.17, 15) is 4.79 Å². The average molecular weight is 275 g/mol. The maximum atomic E-state index is 12.1. The van der Waals surface area contributed by atoms with Crippen LogP contribution >= 0.6 is 11.6 Å². The number of hydrogen-bond acceptors (Lipinski definition) is 2. The number of hydrogen-bond donors (Lipinski definition) is 0. The second kappa shape index (κ2) is 6.39. The normalized spacial score (nSPS) is 10.2. The monoisotopic (exact) mass is 274 g/mol. The van der Waals surface area contributed by atoms with E-state index in [2.05, 4.69) is 0 Å². The fraction of sp³-hybridized carbons (Fsp3) is 0.188. The van der Waals surface area contributed by atoms with Gasteiger partial charge in [-0.25, -0.2) is 0 Å². The zero-order valence-corrected chi connectivity index (χ0v) is 11.5. The van der Waals surface area contributed by atoms with Crippen LogP contribution in [0, 0.1) is 0 Å². The molecule has 0 aromatic heterocycles. The zero-order valence-electron chi connectivity index (χ0n) is 10.7. The van der Waals surface area contributed by atoms with Gasteiger partial charge in [-0.05, 0) is 30.2 Å². The lowest BCUT2D eigenvalue weighted by Gasteiger charge is -2.06. The second-order valence-corrected chi connectivity index (χ2v) is 4.67. The van der Waals surface area contributed by atoms with Gasteiger partial charge in [-0.15, -0.1) is 0 Å². The van der Waals surface area contributed by atoms with Crippen LogP contribution in [0.25, 0.3) is 0 Å². The number of methoxy groups -OCH3 is 1. The van der Waals surface area contributed by atoms with E-state index in [1.807, 2.05) is 30.3 Å². The van der Waals surface area contributed by atoms with Crippen LogP contribution in [-0.4, -0.2) is 12.9 Å². The standard InChI is InChI=1S/C16H15ClO2/c1-19-16-11-13(8-9-14(16)17)15(18)10-7-12-5-3-2-4-6-12/h2-6,8-9,11H,7,10H2,1H3. The molecule has 2 rings (SSSR count). The summed E-state index contributed by atoms with van der Waals surface area (Å²) in [6.07, 6.45) is 1.22. The molecule has 0 aliphatic rings. The quantitative estimate of drug-likeness (QED) is 0.765. The molecule has 2 aromatic carbocycles. The molecule has 0 atom stereocenters. The molecule has 0 amide bonds. The third-order valence-corrected chi connectivity index (χ3v) is 3.27. The maximum absolute atomic E-state index is 12.1. The van der Waals surface area contributed by atoms with E-state index in [0.717, 1.165) is 12.0 Å². The lowest BCUT2D eigenvalue weighted by molar-refractivity contribution is 0.0982. The molecular weight excluding hydrogens is 260 g/mol. The van der Waals surface area contributed by atoms with Crippen LogP contribution in [0.3, 0.4) is 0 Å². The van der Waals surface area contributed by atoms with Gasteiger partial charge >= 0.3 is 0 Å². The Labute approximate surface area is 118 Å². The van der Waals surface area contributed by atoms with Gasteiger partial charge in [-0.1, -0.05) is 41.9 Å². The Hall–Kier alpha value is -1.80. The molecule has 0 N–H and O–H groups in total. The first-order chi connectivity index (χ1) is 9.20. The number of aryl methyl sites for hydroxylation is 1. The Balaban J connectivity index is 2.04. The fourth-order valence-corrected chi connectivity index (χ4v) is 2.07. The summed E-state index contributed by atoms with van der Waals surface area (Å²) in [5, 5.41) is 0.516. The van der Waals surface area contributed by atoms with Crippen LogP contribution in [0.5, 0.6) is 5.75 Å². The molecule has 0 saturated heterocycles. The number of benzene rings is 2. The Kier molecular flexibility index (Phi) is 4.58. The van der Waals surface area contributed by atoms with Gasteiger partial charge in [0.15, 0.2) is 5.78 Å². The molecule has 0 heterocycles. The van der Waals surface area contributed by atoms with Crippen LogP contribution in [0.1, 0.15) is 22.3 Å². The zero-order chi connectivity index (χ0) is 13.7. The second-order valence-electron chi connectivity index (χ2n) is 4.26. The van der Waals surface area contributed by atoms with Crippen molar-refractivity contribution in [2.75, 3.05) is 7.11 Å². The molecule has 0 unspecified atom stereocenters. The number of carbonyl (C=O) groups is 1. The fourth-order valence-electron chi connectivity index (χ4n) is 1.88. The summed E-state index contributed by atoms with van der Waals surface area (Å²) in [7, 11) is 1.54. The van der Waals surface area contributed by atoms with Gasteiger partial charge in [-0.3, -0.25) is 4.79 Å². The third-order valence-electron chi connectivity index (χ3n) is 2.96. The summed E-state index contributed by atoms with van der Waals surface area (Å²) >= 11 is 5.94. The highest BCUT2D eigenvalue weighted by Crippen LogP contribution is 2.25. The van der Waals surface area contributed by atoms with Gasteiger partial charge in [0, 0.05) is 12.0 Å². The third kappa shape index (κ3) is 3.58. The number of ketones is 1. The summed E-state index contributed by atoms with van der Waals surface area (Å²) in [5.41, 5.74) is 1.80. The Morgan fingerprint density at radius 1 is 1.16 bits per heavy atom. The van der Waals surface area contributed by atoms with E-state index in [-0.39, 0.29) is 5.78 Å². The molecular formula is C16H15ClO2. The smallest absolute Gasteiger partial charge is 0.163 e. The van der Waals surface area contributed by atoms with Crippen molar-refractivity contribution in [1.29, 1.82) is 0 Å².